The van der Waals surface area contributed by atoms with E-state index in [4.69, 9.17) is 0 Å². The molecular formula is C9H11O2S+. The van der Waals surface area contributed by atoms with E-state index in [-0.39, 0.29) is 0 Å². The summed E-state index contributed by atoms with van der Waals surface area (Å²) in [5.41, 5.74) is 0.778. The Kier molecular flexibility index (Phi) is 2.43. The van der Waals surface area contributed by atoms with E-state index >= 15 is 0 Å². The standard InChI is InChI=1S/C9H11O2S/c1-3-8-6-4-5-7-9(8)12(2,10)11/h4-7H,1,3H2,2H3/q+1. The predicted molar refractivity (Wildman–Crippen MR) is 48.6 cm³/mol. The topological polar surface area (TPSA) is 34.1 Å². The maximum absolute atomic E-state index is 11.2. The Balaban J connectivity index is 3.33. The lowest BCUT2D eigenvalue weighted by Crippen LogP contribution is -2.01. The van der Waals surface area contributed by atoms with Crippen LogP contribution in [-0.4, -0.2) is 14.7 Å². The smallest absolute Gasteiger partial charge is 0.175 e. The third kappa shape index (κ3) is 1.80. The van der Waals surface area contributed by atoms with Crippen LogP contribution >= 0.6 is 0 Å². The summed E-state index contributed by atoms with van der Waals surface area (Å²) >= 11 is 0. The molecule has 0 aromatic heterocycles. The lowest BCUT2D eigenvalue weighted by Gasteiger charge is -2.01. The van der Waals surface area contributed by atoms with Gasteiger partial charge in [0.15, 0.2) is 9.84 Å². The van der Waals surface area contributed by atoms with Crippen LogP contribution in [0.15, 0.2) is 29.2 Å². The molecule has 3 heteroatoms. The molecule has 0 heterocycles. The van der Waals surface area contributed by atoms with Gasteiger partial charge >= 0.3 is 0 Å². The molecule has 0 aliphatic rings. The van der Waals surface area contributed by atoms with Crippen molar-refractivity contribution < 1.29 is 8.42 Å². The fourth-order valence-electron chi connectivity index (χ4n) is 1.07. The SMILES string of the molecule is [CH2+]Cc1ccccc1S(C)(=O)=O. The van der Waals surface area contributed by atoms with Crippen LogP contribution in [-0.2, 0) is 16.3 Å². The van der Waals surface area contributed by atoms with Crippen LogP contribution in [0.1, 0.15) is 5.56 Å². The average molecular weight is 183 g/mol. The van der Waals surface area contributed by atoms with Gasteiger partial charge in [0.25, 0.3) is 0 Å². The Morgan fingerprint density at radius 1 is 1.33 bits per heavy atom. The summed E-state index contributed by atoms with van der Waals surface area (Å²) in [6.07, 6.45) is 1.71. The monoisotopic (exact) mass is 183 g/mol. The van der Waals surface area contributed by atoms with E-state index in [1.54, 1.807) is 18.2 Å². The molecule has 0 aliphatic heterocycles. The van der Waals surface area contributed by atoms with Gasteiger partial charge in [0.05, 0.1) is 11.8 Å². The first-order chi connectivity index (χ1) is 5.55. The molecule has 0 aliphatic carbocycles. The summed E-state index contributed by atoms with van der Waals surface area (Å²) in [4.78, 5) is 0.389. The van der Waals surface area contributed by atoms with E-state index < -0.39 is 9.84 Å². The summed E-state index contributed by atoms with van der Waals surface area (Å²) < 4.78 is 22.4. The molecule has 2 nitrogen and oxygen atoms in total. The van der Waals surface area contributed by atoms with Gasteiger partial charge in [-0.05, 0) is 6.07 Å². The summed E-state index contributed by atoms with van der Waals surface area (Å²) in [7, 11) is -3.09. The first-order valence-electron chi connectivity index (χ1n) is 3.63. The van der Waals surface area contributed by atoms with Crippen LogP contribution in [0.5, 0.6) is 0 Å². The molecule has 0 amide bonds. The first kappa shape index (κ1) is 9.13. The van der Waals surface area contributed by atoms with Gasteiger partial charge in [0, 0.05) is 11.8 Å². The van der Waals surface area contributed by atoms with Crippen molar-refractivity contribution in [1.29, 1.82) is 0 Å². The highest BCUT2D eigenvalue weighted by Crippen LogP contribution is 2.14. The van der Waals surface area contributed by atoms with Crippen molar-refractivity contribution in [3.05, 3.63) is 36.8 Å². The molecular weight excluding hydrogens is 172 g/mol. The van der Waals surface area contributed by atoms with Crippen molar-refractivity contribution in [2.45, 2.75) is 11.3 Å². The van der Waals surface area contributed by atoms with Crippen LogP contribution in [0, 0.1) is 6.92 Å². The van der Waals surface area contributed by atoms with Crippen molar-refractivity contribution >= 4 is 9.84 Å². The summed E-state index contributed by atoms with van der Waals surface area (Å²) in [5.74, 6) is 0. The number of hydrogen-bond acceptors (Lipinski definition) is 2. The van der Waals surface area contributed by atoms with Crippen molar-refractivity contribution in [2.75, 3.05) is 6.26 Å². The van der Waals surface area contributed by atoms with Gasteiger partial charge in [-0.2, -0.15) is 0 Å². The van der Waals surface area contributed by atoms with Crippen LogP contribution in [0.3, 0.4) is 0 Å². The highest BCUT2D eigenvalue weighted by molar-refractivity contribution is 7.90. The predicted octanol–water partition coefficient (Wildman–Crippen LogP) is 1.47. The Morgan fingerprint density at radius 3 is 2.33 bits per heavy atom. The van der Waals surface area contributed by atoms with Gasteiger partial charge in [-0.15, -0.1) is 0 Å². The first-order valence-corrected chi connectivity index (χ1v) is 5.52. The third-order valence-electron chi connectivity index (χ3n) is 1.64. The van der Waals surface area contributed by atoms with E-state index in [9.17, 15) is 8.42 Å². The molecule has 64 valence electrons. The van der Waals surface area contributed by atoms with Gasteiger partial charge in [0.1, 0.15) is 6.42 Å². The quantitative estimate of drug-likeness (QED) is 0.651. The van der Waals surface area contributed by atoms with Crippen molar-refractivity contribution in [2.24, 2.45) is 0 Å². The zero-order valence-electron chi connectivity index (χ0n) is 6.95. The Hall–Kier alpha value is -0.960. The van der Waals surface area contributed by atoms with Gasteiger partial charge in [-0.1, -0.05) is 18.2 Å². The van der Waals surface area contributed by atoms with Gasteiger partial charge in [-0.25, -0.2) is 8.42 Å². The van der Waals surface area contributed by atoms with Crippen LogP contribution < -0.4 is 0 Å². The molecule has 1 aromatic carbocycles. The number of rotatable bonds is 2. The molecule has 0 N–H and O–H groups in total. The number of hydrogen-bond donors (Lipinski definition) is 0. The van der Waals surface area contributed by atoms with Gasteiger partial charge in [-0.3, -0.25) is 0 Å². The average Bonchev–Trinajstić information content (AvgIpc) is 2.03. The maximum atomic E-state index is 11.2. The third-order valence-corrected chi connectivity index (χ3v) is 2.84. The summed E-state index contributed by atoms with van der Waals surface area (Å²) in [6.45, 7) is 3.67. The maximum Gasteiger partial charge on any atom is 0.175 e. The molecule has 0 saturated carbocycles. The second kappa shape index (κ2) is 3.19. The van der Waals surface area contributed by atoms with E-state index in [0.717, 1.165) is 5.56 Å². The zero-order valence-corrected chi connectivity index (χ0v) is 7.76. The van der Waals surface area contributed by atoms with E-state index in [1.807, 2.05) is 6.07 Å². The normalized spacial score (nSPS) is 11.4. The molecule has 12 heavy (non-hydrogen) atoms. The molecule has 1 rings (SSSR count). The second-order valence-corrected chi connectivity index (χ2v) is 4.61. The van der Waals surface area contributed by atoms with Crippen LogP contribution in [0.4, 0.5) is 0 Å². The summed E-state index contributed by atoms with van der Waals surface area (Å²) in [6, 6.07) is 6.92. The molecule has 0 unspecified atom stereocenters. The highest BCUT2D eigenvalue weighted by atomic mass is 32.2. The molecule has 0 radical (unpaired) electrons. The molecule has 0 spiro atoms. The van der Waals surface area contributed by atoms with Crippen LogP contribution in [0.2, 0.25) is 0 Å². The van der Waals surface area contributed by atoms with Gasteiger partial charge < -0.3 is 0 Å². The fourth-order valence-corrected chi connectivity index (χ4v) is 2.04. The van der Waals surface area contributed by atoms with Crippen molar-refractivity contribution in [1.82, 2.24) is 0 Å². The minimum atomic E-state index is -3.09. The van der Waals surface area contributed by atoms with Gasteiger partial charge in [0.2, 0.25) is 0 Å². The minimum absolute atomic E-state index is 0.389. The summed E-state index contributed by atoms with van der Waals surface area (Å²) in [5, 5.41) is 0. The Labute approximate surface area is 73.2 Å². The van der Waals surface area contributed by atoms with Crippen molar-refractivity contribution in [3.8, 4) is 0 Å². The molecule has 0 fully saturated rings. The van der Waals surface area contributed by atoms with E-state index in [0.29, 0.717) is 11.3 Å². The Morgan fingerprint density at radius 2 is 1.92 bits per heavy atom. The Bertz CT molecular complexity index is 366. The lowest BCUT2D eigenvalue weighted by molar-refractivity contribution is 0.601. The molecule has 0 saturated heterocycles. The van der Waals surface area contributed by atoms with E-state index in [2.05, 4.69) is 6.92 Å². The lowest BCUT2D eigenvalue weighted by atomic mass is 10.2. The van der Waals surface area contributed by atoms with E-state index in [1.165, 1.54) is 6.26 Å². The minimum Gasteiger partial charge on any atom is -0.224 e. The highest BCUT2D eigenvalue weighted by Gasteiger charge is 2.11. The molecule has 0 bridgehead atoms. The number of benzene rings is 1. The molecule has 0 atom stereocenters. The van der Waals surface area contributed by atoms with Crippen LogP contribution in [0.25, 0.3) is 0 Å². The zero-order chi connectivity index (χ0) is 9.19. The van der Waals surface area contributed by atoms with Crippen molar-refractivity contribution in [3.63, 3.8) is 0 Å². The largest absolute Gasteiger partial charge is 0.224 e. The number of sulfone groups is 1. The fraction of sp³-hybridized carbons (Fsp3) is 0.222. The second-order valence-electron chi connectivity index (χ2n) is 2.63. The molecule has 1 aromatic rings.